The van der Waals surface area contributed by atoms with Gasteiger partial charge in [0, 0.05) is 9.69 Å². The van der Waals surface area contributed by atoms with E-state index < -0.39 is 6.17 Å². The molecule has 0 aromatic heterocycles. The number of nitrogens with zero attached hydrogens (tertiary/aromatic N) is 3. The van der Waals surface area contributed by atoms with Crippen LogP contribution in [0.3, 0.4) is 0 Å². The minimum Gasteiger partial charge on any atom is -0.494 e. The molecule has 2 aromatic carbocycles. The van der Waals surface area contributed by atoms with Crippen LogP contribution in [-0.2, 0) is 4.79 Å². The summed E-state index contributed by atoms with van der Waals surface area (Å²) in [5.41, 5.74) is 1.43. The second kappa shape index (κ2) is 7.36. The van der Waals surface area contributed by atoms with E-state index in [1.165, 1.54) is 11.8 Å². The zero-order valence-electron chi connectivity index (χ0n) is 14.8. The minimum absolute atomic E-state index is 0.181. The summed E-state index contributed by atoms with van der Waals surface area (Å²) in [6.45, 7) is 2.56. The number of carbonyl (C=O) groups excluding carboxylic acids is 1. The van der Waals surface area contributed by atoms with Gasteiger partial charge in [-0.2, -0.15) is 0 Å². The van der Waals surface area contributed by atoms with E-state index in [2.05, 4.69) is 26.3 Å². The lowest BCUT2D eigenvalue weighted by molar-refractivity contribution is -0.116. The number of amides is 1. The molecule has 0 saturated carbocycles. The molecule has 138 valence electrons. The summed E-state index contributed by atoms with van der Waals surface area (Å²) in [6, 6.07) is 13.5. The largest absolute Gasteiger partial charge is 0.494 e. The van der Waals surface area contributed by atoms with E-state index in [9.17, 15) is 4.79 Å². The predicted octanol–water partition coefficient (Wildman–Crippen LogP) is 2.35. The lowest BCUT2D eigenvalue weighted by Gasteiger charge is -2.34. The van der Waals surface area contributed by atoms with Crippen LogP contribution in [0.4, 0.5) is 0 Å². The van der Waals surface area contributed by atoms with E-state index >= 15 is 0 Å². The van der Waals surface area contributed by atoms with Gasteiger partial charge in [0.2, 0.25) is 0 Å². The van der Waals surface area contributed by atoms with Crippen molar-refractivity contribution in [2.75, 3.05) is 12.9 Å². The summed E-state index contributed by atoms with van der Waals surface area (Å²) in [5, 5.41) is 11.2. The van der Waals surface area contributed by atoms with Crippen molar-refractivity contribution in [3.8, 4) is 5.75 Å². The first kappa shape index (κ1) is 18.1. The lowest BCUT2D eigenvalue weighted by atomic mass is 10.1. The summed E-state index contributed by atoms with van der Waals surface area (Å²) in [7, 11) is 0. The predicted molar refractivity (Wildman–Crippen MR) is 110 cm³/mol. The van der Waals surface area contributed by atoms with E-state index in [-0.39, 0.29) is 5.91 Å². The Balaban J connectivity index is 1.90. The normalized spacial score (nSPS) is 18.1. The quantitative estimate of drug-likeness (QED) is 0.788. The summed E-state index contributed by atoms with van der Waals surface area (Å²) < 4.78 is 6.41. The van der Waals surface area contributed by atoms with Crippen molar-refractivity contribution in [2.24, 2.45) is 10.1 Å². The number of carbonyl (C=O) groups is 1. The first-order valence-corrected chi connectivity index (χ1v) is 10.5. The average Bonchev–Trinajstić information content (AvgIpc) is 2.68. The molecule has 2 aliphatic heterocycles. The minimum atomic E-state index is -0.419. The summed E-state index contributed by atoms with van der Waals surface area (Å²) in [5.74, 6) is 0.620. The highest BCUT2D eigenvalue weighted by Gasteiger charge is 2.34. The van der Waals surface area contributed by atoms with E-state index in [1.54, 1.807) is 5.01 Å². The van der Waals surface area contributed by atoms with Gasteiger partial charge in [0.15, 0.2) is 11.3 Å². The van der Waals surface area contributed by atoms with Crippen LogP contribution in [0.15, 0.2) is 57.0 Å². The highest BCUT2D eigenvalue weighted by atomic mass is 79.9. The van der Waals surface area contributed by atoms with Gasteiger partial charge in [-0.25, -0.2) is 5.01 Å². The lowest BCUT2D eigenvalue weighted by Crippen LogP contribution is -2.50. The Morgan fingerprint density at radius 1 is 1.26 bits per heavy atom. The third-order valence-electron chi connectivity index (χ3n) is 4.25. The molecule has 0 saturated heterocycles. The maximum Gasteiger partial charge on any atom is 0.276 e. The molecule has 1 amide bonds. The number of hydrogen-bond acceptors (Lipinski definition) is 6. The van der Waals surface area contributed by atoms with Crippen molar-refractivity contribution in [3.63, 3.8) is 0 Å². The number of amidine groups is 1. The maximum atomic E-state index is 12.8. The molecule has 8 heteroatoms. The third-order valence-corrected chi connectivity index (χ3v) is 5.32. The Morgan fingerprint density at radius 2 is 2.04 bits per heavy atom. The molecule has 1 N–H and O–H groups in total. The van der Waals surface area contributed by atoms with Crippen molar-refractivity contribution in [1.29, 1.82) is 0 Å². The molecule has 2 aliphatic rings. The summed E-state index contributed by atoms with van der Waals surface area (Å²) >= 11 is 4.86. The zero-order chi connectivity index (χ0) is 19.0. The number of hydrazone groups is 1. The highest BCUT2D eigenvalue weighted by Crippen LogP contribution is 2.31. The molecular weight excluding hydrogens is 428 g/mol. The molecule has 27 heavy (non-hydrogen) atoms. The van der Waals surface area contributed by atoms with Gasteiger partial charge < -0.3 is 4.74 Å². The molecule has 4 rings (SSSR count). The van der Waals surface area contributed by atoms with Crippen LogP contribution in [0.2, 0.25) is 0 Å². The molecule has 1 atom stereocenters. The number of rotatable bonds is 3. The van der Waals surface area contributed by atoms with Crippen molar-refractivity contribution in [2.45, 2.75) is 13.1 Å². The first-order chi connectivity index (χ1) is 13.1. The Hall–Kier alpha value is -2.32. The van der Waals surface area contributed by atoms with Gasteiger partial charge in [0.05, 0.1) is 12.0 Å². The van der Waals surface area contributed by atoms with Crippen LogP contribution in [0.1, 0.15) is 18.7 Å². The van der Waals surface area contributed by atoms with Crippen LogP contribution in [0, 0.1) is 0 Å². The number of fused-ring (bicyclic) bond motifs is 2. The Morgan fingerprint density at radius 3 is 2.74 bits per heavy atom. The fourth-order valence-corrected chi connectivity index (χ4v) is 3.79. The summed E-state index contributed by atoms with van der Waals surface area (Å²) in [6.07, 6.45) is 1.46. The second-order valence-corrected chi connectivity index (χ2v) is 7.63. The standard InChI is InChI=1S/C19H17BrN4O2S/c1-3-26-13-7-4-11(5-8-13)17-21-15-9-6-12(20)10-14(15)16-18(25)22-19(27-2)23-24(16)17/h4-10,17H,3H2,1-2H3,(H,22,23,25). The molecule has 1 unspecified atom stereocenters. The smallest absolute Gasteiger partial charge is 0.276 e. The van der Waals surface area contributed by atoms with Gasteiger partial charge in [-0.15, -0.1) is 5.10 Å². The van der Waals surface area contributed by atoms with Gasteiger partial charge >= 0.3 is 0 Å². The van der Waals surface area contributed by atoms with E-state index in [4.69, 9.17) is 9.73 Å². The van der Waals surface area contributed by atoms with Crippen LogP contribution in [0.25, 0.3) is 5.70 Å². The number of hydrogen-bond donors (Lipinski definition) is 1. The van der Waals surface area contributed by atoms with E-state index in [0.717, 1.165) is 26.4 Å². The molecule has 0 spiro atoms. The van der Waals surface area contributed by atoms with Crippen LogP contribution in [0.5, 0.6) is 5.75 Å². The van der Waals surface area contributed by atoms with E-state index in [1.807, 2.05) is 55.6 Å². The van der Waals surface area contributed by atoms with Crippen molar-refractivity contribution < 1.29 is 9.53 Å². The average molecular weight is 445 g/mol. The van der Waals surface area contributed by atoms with Crippen molar-refractivity contribution in [3.05, 3.63) is 63.1 Å². The number of nitrogens with one attached hydrogen (secondary N) is 1. The number of halogens is 1. The van der Waals surface area contributed by atoms with Crippen molar-refractivity contribution in [1.82, 2.24) is 10.3 Å². The molecule has 0 fully saturated rings. The topological polar surface area (TPSA) is 66.3 Å². The monoisotopic (exact) mass is 444 g/mol. The Bertz CT molecular complexity index is 1050. The van der Waals surface area contributed by atoms with Gasteiger partial charge in [0.1, 0.15) is 11.4 Å². The van der Waals surface area contributed by atoms with Gasteiger partial charge in [0.25, 0.3) is 5.91 Å². The molecule has 2 aromatic rings. The van der Waals surface area contributed by atoms with Crippen LogP contribution >= 0.6 is 27.7 Å². The van der Waals surface area contributed by atoms with Crippen LogP contribution in [-0.4, -0.2) is 28.9 Å². The van der Waals surface area contributed by atoms with Gasteiger partial charge in [-0.3, -0.25) is 15.1 Å². The Labute approximate surface area is 169 Å². The zero-order valence-corrected chi connectivity index (χ0v) is 17.2. The molecule has 0 radical (unpaired) electrons. The summed E-state index contributed by atoms with van der Waals surface area (Å²) in [4.78, 5) is 17.7. The third kappa shape index (κ3) is 3.35. The number of benzene rings is 2. The van der Waals surface area contributed by atoms with Gasteiger partial charge in [-0.05, 0) is 49.1 Å². The molecular formula is C19H17BrN4O2S. The maximum absolute atomic E-state index is 12.8. The molecule has 0 aliphatic carbocycles. The first-order valence-electron chi connectivity index (χ1n) is 8.44. The fraction of sp³-hybridized carbons (Fsp3) is 0.211. The van der Waals surface area contributed by atoms with Crippen molar-refractivity contribution >= 4 is 44.5 Å². The van der Waals surface area contributed by atoms with Gasteiger partial charge in [-0.1, -0.05) is 39.8 Å². The molecule has 6 nitrogen and oxygen atoms in total. The molecule has 0 bridgehead atoms. The molecule has 2 heterocycles. The van der Waals surface area contributed by atoms with Crippen LogP contribution < -0.4 is 20.6 Å². The highest BCUT2D eigenvalue weighted by molar-refractivity contribution is 9.10. The Kier molecular flexibility index (Phi) is 4.92. The second-order valence-electron chi connectivity index (χ2n) is 5.92. The SMILES string of the molecule is CCOc1ccc(C2N=c3ccc(Br)cc3=C3C(=O)NC(SC)=NN32)cc1. The fourth-order valence-electron chi connectivity index (χ4n) is 3.06. The van der Waals surface area contributed by atoms with E-state index in [0.29, 0.717) is 17.5 Å². The number of ether oxygens (including phenoxy) is 1. The number of thioether (sulfide) groups is 1.